The van der Waals surface area contributed by atoms with E-state index in [-0.39, 0.29) is 11.8 Å². The summed E-state index contributed by atoms with van der Waals surface area (Å²) in [5, 5.41) is 2.92. The van der Waals surface area contributed by atoms with Crippen molar-refractivity contribution in [3.8, 4) is 11.4 Å². The minimum Gasteiger partial charge on any atom is -0.353 e. The first-order valence-electron chi connectivity index (χ1n) is 9.82. The maximum Gasteiger partial charge on any atom is 0.270 e. The molecule has 3 rings (SSSR count). The summed E-state index contributed by atoms with van der Waals surface area (Å²) < 4.78 is 0. The van der Waals surface area contributed by atoms with Crippen LogP contribution in [0.4, 0.5) is 5.82 Å². The molecule has 1 N–H and O–H groups in total. The molecule has 0 aliphatic carbocycles. The quantitative estimate of drug-likeness (QED) is 0.788. The average molecular weight is 396 g/mol. The molecule has 0 saturated carbocycles. The summed E-state index contributed by atoms with van der Waals surface area (Å²) in [7, 11) is 3.92. The van der Waals surface area contributed by atoms with Crippen LogP contribution in [0.25, 0.3) is 11.4 Å². The molecule has 2 aromatic rings. The highest BCUT2D eigenvalue weighted by atomic mass is 16.2. The van der Waals surface area contributed by atoms with Crippen LogP contribution in [0.1, 0.15) is 17.4 Å². The molecule has 1 aromatic carbocycles. The zero-order chi connectivity index (χ0) is 20.8. The number of nitrogens with one attached hydrogen (secondary N) is 1. The van der Waals surface area contributed by atoms with Crippen molar-refractivity contribution in [2.45, 2.75) is 6.92 Å². The van der Waals surface area contributed by atoms with Crippen molar-refractivity contribution in [1.82, 2.24) is 25.1 Å². The number of benzene rings is 1. The second-order valence-corrected chi connectivity index (χ2v) is 7.35. The van der Waals surface area contributed by atoms with Crippen LogP contribution >= 0.6 is 0 Å². The minimum atomic E-state index is -0.213. The zero-order valence-electron chi connectivity index (χ0n) is 17.3. The normalized spacial score (nSPS) is 14.2. The van der Waals surface area contributed by atoms with Crippen LogP contribution in [-0.2, 0) is 4.79 Å². The Labute approximate surface area is 171 Å². The lowest BCUT2D eigenvalue weighted by Gasteiger charge is -2.35. The number of aromatic nitrogens is 2. The van der Waals surface area contributed by atoms with Gasteiger partial charge < -0.3 is 20.0 Å². The highest BCUT2D eigenvalue weighted by Gasteiger charge is 2.22. The summed E-state index contributed by atoms with van der Waals surface area (Å²) in [5.41, 5.74) is 1.21. The summed E-state index contributed by atoms with van der Waals surface area (Å²) in [6.45, 7) is 5.52. The van der Waals surface area contributed by atoms with Gasteiger partial charge in [0.25, 0.3) is 5.91 Å². The van der Waals surface area contributed by atoms with Gasteiger partial charge in [-0.25, -0.2) is 9.97 Å². The fourth-order valence-electron chi connectivity index (χ4n) is 3.16. The van der Waals surface area contributed by atoms with Crippen molar-refractivity contribution in [3.63, 3.8) is 0 Å². The molecule has 1 saturated heterocycles. The maximum atomic E-state index is 12.7. The molecule has 0 unspecified atom stereocenters. The van der Waals surface area contributed by atoms with Gasteiger partial charge in [-0.15, -0.1) is 0 Å². The van der Waals surface area contributed by atoms with Crippen LogP contribution in [0.15, 0.2) is 36.4 Å². The van der Waals surface area contributed by atoms with Crippen molar-refractivity contribution in [3.05, 3.63) is 42.1 Å². The van der Waals surface area contributed by atoms with Crippen molar-refractivity contribution in [1.29, 1.82) is 0 Å². The molecule has 29 heavy (non-hydrogen) atoms. The first-order chi connectivity index (χ1) is 13.9. The van der Waals surface area contributed by atoms with Gasteiger partial charge in [-0.1, -0.05) is 30.3 Å². The van der Waals surface area contributed by atoms with E-state index in [0.717, 1.165) is 12.1 Å². The molecule has 1 aliphatic rings. The van der Waals surface area contributed by atoms with Gasteiger partial charge in [0.1, 0.15) is 11.5 Å². The van der Waals surface area contributed by atoms with Crippen molar-refractivity contribution < 1.29 is 9.59 Å². The zero-order valence-corrected chi connectivity index (χ0v) is 17.3. The highest BCUT2D eigenvalue weighted by Crippen LogP contribution is 2.21. The fourth-order valence-corrected chi connectivity index (χ4v) is 3.16. The molecule has 2 amide bonds. The van der Waals surface area contributed by atoms with Crippen LogP contribution in [-0.4, -0.2) is 84.9 Å². The van der Waals surface area contributed by atoms with E-state index in [1.54, 1.807) is 13.0 Å². The molecule has 0 atom stereocenters. The predicted octanol–water partition coefficient (Wildman–Crippen LogP) is 1.10. The van der Waals surface area contributed by atoms with E-state index in [1.807, 2.05) is 54.2 Å². The molecule has 1 aliphatic heterocycles. The van der Waals surface area contributed by atoms with Gasteiger partial charge >= 0.3 is 0 Å². The molecule has 0 spiro atoms. The highest BCUT2D eigenvalue weighted by molar-refractivity contribution is 5.93. The Hall–Kier alpha value is -3.00. The van der Waals surface area contributed by atoms with Gasteiger partial charge in [-0.2, -0.15) is 0 Å². The lowest BCUT2D eigenvalue weighted by atomic mass is 10.2. The lowest BCUT2D eigenvalue weighted by Crippen LogP contribution is -2.48. The first-order valence-corrected chi connectivity index (χ1v) is 9.82. The summed E-state index contributed by atoms with van der Waals surface area (Å²) >= 11 is 0. The average Bonchev–Trinajstić information content (AvgIpc) is 2.73. The third-order valence-corrected chi connectivity index (χ3v) is 4.87. The number of hydrogen-bond donors (Lipinski definition) is 1. The lowest BCUT2D eigenvalue weighted by molar-refractivity contribution is -0.129. The standard InChI is InChI=1S/C21H28N6O2/c1-16(28)26-11-13-27(14-12-26)19-15-18(21(29)22-9-10-25(2)3)23-20(24-19)17-7-5-4-6-8-17/h4-8,15H,9-14H2,1-3H3,(H,22,29). The van der Waals surface area contributed by atoms with Crippen LogP contribution < -0.4 is 10.2 Å². The molecule has 2 heterocycles. The van der Waals surface area contributed by atoms with E-state index in [4.69, 9.17) is 4.98 Å². The Morgan fingerprint density at radius 2 is 1.76 bits per heavy atom. The first kappa shape index (κ1) is 20.7. The minimum absolute atomic E-state index is 0.0817. The molecular formula is C21H28N6O2. The number of amides is 2. The van der Waals surface area contributed by atoms with Crippen LogP contribution in [0.3, 0.4) is 0 Å². The fraction of sp³-hybridized carbons (Fsp3) is 0.429. The van der Waals surface area contributed by atoms with E-state index in [2.05, 4.69) is 15.2 Å². The second-order valence-electron chi connectivity index (χ2n) is 7.35. The van der Waals surface area contributed by atoms with E-state index in [1.165, 1.54) is 0 Å². The van der Waals surface area contributed by atoms with Crippen LogP contribution in [0.5, 0.6) is 0 Å². The van der Waals surface area contributed by atoms with Gasteiger partial charge in [0, 0.05) is 57.8 Å². The Morgan fingerprint density at radius 3 is 2.38 bits per heavy atom. The topological polar surface area (TPSA) is 81.7 Å². The number of anilines is 1. The Bertz CT molecular complexity index is 848. The molecular weight excluding hydrogens is 368 g/mol. The summed E-state index contributed by atoms with van der Waals surface area (Å²) in [6.07, 6.45) is 0. The smallest absolute Gasteiger partial charge is 0.270 e. The van der Waals surface area contributed by atoms with E-state index in [9.17, 15) is 9.59 Å². The van der Waals surface area contributed by atoms with Gasteiger partial charge in [-0.3, -0.25) is 9.59 Å². The Kier molecular flexibility index (Phi) is 6.77. The number of nitrogens with zero attached hydrogens (tertiary/aromatic N) is 5. The molecule has 0 bridgehead atoms. The number of carbonyl (C=O) groups excluding carboxylic acids is 2. The van der Waals surface area contributed by atoms with Crippen molar-refractivity contribution in [2.75, 3.05) is 58.3 Å². The summed E-state index contributed by atoms with van der Waals surface area (Å²) in [5.74, 6) is 1.10. The van der Waals surface area contributed by atoms with Gasteiger partial charge in [0.2, 0.25) is 5.91 Å². The maximum absolute atomic E-state index is 12.7. The number of hydrogen-bond acceptors (Lipinski definition) is 6. The van der Waals surface area contributed by atoms with Crippen molar-refractivity contribution >= 4 is 17.6 Å². The molecule has 154 valence electrons. The number of piperazine rings is 1. The van der Waals surface area contributed by atoms with Crippen LogP contribution in [0.2, 0.25) is 0 Å². The number of likely N-dealkylation sites (N-methyl/N-ethyl adjacent to an activating group) is 1. The third-order valence-electron chi connectivity index (χ3n) is 4.87. The molecule has 0 radical (unpaired) electrons. The Balaban J connectivity index is 1.85. The molecule has 1 fully saturated rings. The van der Waals surface area contributed by atoms with Crippen molar-refractivity contribution in [2.24, 2.45) is 0 Å². The third kappa shape index (κ3) is 5.51. The monoisotopic (exact) mass is 396 g/mol. The number of carbonyl (C=O) groups is 2. The predicted molar refractivity (Wildman–Crippen MR) is 113 cm³/mol. The van der Waals surface area contributed by atoms with E-state index in [0.29, 0.717) is 50.1 Å². The molecule has 8 nitrogen and oxygen atoms in total. The van der Waals surface area contributed by atoms with Crippen LogP contribution in [0, 0.1) is 0 Å². The van der Waals surface area contributed by atoms with Gasteiger partial charge in [0.15, 0.2) is 5.82 Å². The largest absolute Gasteiger partial charge is 0.353 e. The molecule has 8 heteroatoms. The van der Waals surface area contributed by atoms with E-state index < -0.39 is 0 Å². The SMILES string of the molecule is CC(=O)N1CCN(c2cc(C(=O)NCCN(C)C)nc(-c3ccccc3)n2)CC1. The Morgan fingerprint density at radius 1 is 1.07 bits per heavy atom. The molecule has 1 aromatic heterocycles. The van der Waals surface area contributed by atoms with E-state index >= 15 is 0 Å². The van der Waals surface area contributed by atoms with Gasteiger partial charge in [-0.05, 0) is 14.1 Å². The number of rotatable bonds is 6. The summed E-state index contributed by atoms with van der Waals surface area (Å²) in [6, 6.07) is 11.4. The summed E-state index contributed by atoms with van der Waals surface area (Å²) in [4.78, 5) is 39.5. The van der Waals surface area contributed by atoms with Gasteiger partial charge in [0.05, 0.1) is 0 Å². The second kappa shape index (κ2) is 9.47.